The highest BCUT2D eigenvalue weighted by atomic mass is 19.1. The molecule has 1 atom stereocenters. The van der Waals surface area contributed by atoms with Gasteiger partial charge in [0.2, 0.25) is 11.8 Å². The van der Waals surface area contributed by atoms with Crippen molar-refractivity contribution in [2.24, 2.45) is 0 Å². The zero-order valence-electron chi connectivity index (χ0n) is 16.2. The van der Waals surface area contributed by atoms with Crippen LogP contribution in [0.4, 0.5) is 10.1 Å². The standard InChI is InChI=1S/C21H26FN3O2/c1-15-8-10-19(11-9-15)23-20(26)14-24(3)16(2)21(27)25(4)13-17-6-5-7-18(22)12-17/h5-12,16H,13-14H2,1-4H3,(H,23,26)/t16-/m1/s1. The number of hydrogen-bond acceptors (Lipinski definition) is 3. The lowest BCUT2D eigenvalue weighted by molar-refractivity contribution is -0.135. The van der Waals surface area contributed by atoms with E-state index in [4.69, 9.17) is 0 Å². The molecule has 5 nitrogen and oxygen atoms in total. The molecule has 0 bridgehead atoms. The number of carbonyl (C=O) groups is 2. The van der Waals surface area contributed by atoms with Gasteiger partial charge in [-0.3, -0.25) is 14.5 Å². The number of halogens is 1. The van der Waals surface area contributed by atoms with E-state index in [1.165, 1.54) is 17.0 Å². The summed E-state index contributed by atoms with van der Waals surface area (Å²) in [6.07, 6.45) is 0. The minimum absolute atomic E-state index is 0.0919. The first-order valence-corrected chi connectivity index (χ1v) is 8.82. The molecule has 0 aliphatic heterocycles. The van der Waals surface area contributed by atoms with E-state index in [2.05, 4.69) is 5.32 Å². The Bertz CT molecular complexity index is 792. The maximum atomic E-state index is 13.3. The van der Waals surface area contributed by atoms with E-state index in [0.29, 0.717) is 6.54 Å². The molecule has 27 heavy (non-hydrogen) atoms. The van der Waals surface area contributed by atoms with Crippen molar-refractivity contribution in [2.75, 3.05) is 26.0 Å². The zero-order chi connectivity index (χ0) is 20.0. The minimum Gasteiger partial charge on any atom is -0.340 e. The van der Waals surface area contributed by atoms with Crippen LogP contribution < -0.4 is 5.32 Å². The molecule has 0 spiro atoms. The Morgan fingerprint density at radius 3 is 2.41 bits per heavy atom. The van der Waals surface area contributed by atoms with Crippen molar-refractivity contribution < 1.29 is 14.0 Å². The molecule has 1 N–H and O–H groups in total. The summed E-state index contributed by atoms with van der Waals surface area (Å²) >= 11 is 0. The molecule has 2 aromatic carbocycles. The molecule has 0 saturated heterocycles. The molecule has 0 heterocycles. The Morgan fingerprint density at radius 1 is 1.11 bits per heavy atom. The fourth-order valence-electron chi connectivity index (χ4n) is 2.70. The highest BCUT2D eigenvalue weighted by Gasteiger charge is 2.23. The summed E-state index contributed by atoms with van der Waals surface area (Å²) in [6, 6.07) is 13.2. The molecule has 0 radical (unpaired) electrons. The Balaban J connectivity index is 1.88. The second-order valence-electron chi connectivity index (χ2n) is 6.83. The van der Waals surface area contributed by atoms with Crippen molar-refractivity contribution in [1.29, 1.82) is 0 Å². The number of nitrogens with one attached hydrogen (secondary N) is 1. The Hall–Kier alpha value is -2.73. The molecule has 0 unspecified atom stereocenters. The van der Waals surface area contributed by atoms with Crippen LogP contribution in [0.3, 0.4) is 0 Å². The van der Waals surface area contributed by atoms with Crippen molar-refractivity contribution >= 4 is 17.5 Å². The van der Waals surface area contributed by atoms with Gasteiger partial charge in [0.1, 0.15) is 5.82 Å². The average molecular weight is 371 g/mol. The summed E-state index contributed by atoms with van der Waals surface area (Å²) in [7, 11) is 3.40. The number of nitrogens with zero attached hydrogens (tertiary/aromatic N) is 2. The van der Waals surface area contributed by atoms with Crippen molar-refractivity contribution in [1.82, 2.24) is 9.80 Å². The van der Waals surface area contributed by atoms with Crippen LogP contribution in [0.1, 0.15) is 18.1 Å². The lowest BCUT2D eigenvalue weighted by Crippen LogP contribution is -2.46. The molecular weight excluding hydrogens is 345 g/mol. The Labute approximate surface area is 159 Å². The van der Waals surface area contributed by atoms with E-state index in [1.54, 1.807) is 38.1 Å². The van der Waals surface area contributed by atoms with Gasteiger partial charge < -0.3 is 10.2 Å². The van der Waals surface area contributed by atoms with Gasteiger partial charge in [0.05, 0.1) is 12.6 Å². The number of rotatable bonds is 7. The average Bonchev–Trinajstić information content (AvgIpc) is 2.62. The number of hydrogen-bond donors (Lipinski definition) is 1. The molecule has 2 rings (SSSR count). The van der Waals surface area contributed by atoms with Gasteiger partial charge in [-0.15, -0.1) is 0 Å². The quantitative estimate of drug-likeness (QED) is 0.814. The molecule has 0 fully saturated rings. The van der Waals surface area contributed by atoms with Gasteiger partial charge in [-0.25, -0.2) is 4.39 Å². The van der Waals surface area contributed by atoms with Crippen LogP contribution in [-0.4, -0.2) is 48.3 Å². The second-order valence-corrected chi connectivity index (χ2v) is 6.83. The first-order chi connectivity index (χ1) is 12.8. The lowest BCUT2D eigenvalue weighted by atomic mass is 10.2. The van der Waals surface area contributed by atoms with E-state index >= 15 is 0 Å². The monoisotopic (exact) mass is 371 g/mol. The molecule has 2 amide bonds. The first kappa shape index (κ1) is 20.6. The summed E-state index contributed by atoms with van der Waals surface area (Å²) in [5.74, 6) is -0.648. The summed E-state index contributed by atoms with van der Waals surface area (Å²) in [4.78, 5) is 28.0. The topological polar surface area (TPSA) is 52.7 Å². The fraction of sp³-hybridized carbons (Fsp3) is 0.333. The van der Waals surface area contributed by atoms with Crippen molar-refractivity contribution in [3.05, 3.63) is 65.5 Å². The van der Waals surface area contributed by atoms with Gasteiger partial charge in [-0.05, 0) is 50.7 Å². The summed E-state index contributed by atoms with van der Waals surface area (Å²) in [5.41, 5.74) is 2.56. The predicted octanol–water partition coefficient (Wildman–Crippen LogP) is 3.05. The predicted molar refractivity (Wildman–Crippen MR) is 105 cm³/mol. The van der Waals surface area contributed by atoms with Crippen molar-refractivity contribution in [3.63, 3.8) is 0 Å². The van der Waals surface area contributed by atoms with Gasteiger partial charge in [0, 0.05) is 19.3 Å². The molecule has 0 aliphatic carbocycles. The summed E-state index contributed by atoms with van der Waals surface area (Å²) < 4.78 is 13.3. The maximum Gasteiger partial charge on any atom is 0.239 e. The van der Waals surface area contributed by atoms with Gasteiger partial charge in [-0.1, -0.05) is 29.8 Å². The molecule has 144 valence electrons. The lowest BCUT2D eigenvalue weighted by Gasteiger charge is -2.28. The van der Waals surface area contributed by atoms with E-state index in [1.807, 2.05) is 31.2 Å². The molecule has 0 aliphatic rings. The number of anilines is 1. The number of benzene rings is 2. The largest absolute Gasteiger partial charge is 0.340 e. The third kappa shape index (κ3) is 6.18. The second kappa shape index (κ2) is 9.28. The van der Waals surface area contributed by atoms with E-state index in [9.17, 15) is 14.0 Å². The number of carbonyl (C=O) groups excluding carboxylic acids is 2. The molecule has 6 heteroatoms. The van der Waals surface area contributed by atoms with Gasteiger partial charge in [0.15, 0.2) is 0 Å². The number of aryl methyl sites for hydroxylation is 1. The maximum absolute atomic E-state index is 13.3. The third-order valence-corrected chi connectivity index (χ3v) is 4.43. The van der Waals surface area contributed by atoms with Crippen LogP contribution >= 0.6 is 0 Å². The summed E-state index contributed by atoms with van der Waals surface area (Å²) in [5, 5.41) is 2.82. The van der Waals surface area contributed by atoms with Crippen molar-refractivity contribution in [2.45, 2.75) is 26.4 Å². The highest BCUT2D eigenvalue weighted by molar-refractivity contribution is 5.92. The number of amides is 2. The van der Waals surface area contributed by atoms with Crippen molar-refractivity contribution in [3.8, 4) is 0 Å². The van der Waals surface area contributed by atoms with E-state index < -0.39 is 6.04 Å². The van der Waals surface area contributed by atoms with Crippen LogP contribution in [-0.2, 0) is 16.1 Å². The van der Waals surface area contributed by atoms with E-state index in [0.717, 1.165) is 16.8 Å². The first-order valence-electron chi connectivity index (χ1n) is 8.82. The van der Waals surface area contributed by atoms with Crippen LogP contribution in [0.2, 0.25) is 0 Å². The zero-order valence-corrected chi connectivity index (χ0v) is 16.2. The van der Waals surface area contributed by atoms with Gasteiger partial charge >= 0.3 is 0 Å². The molecular formula is C21H26FN3O2. The number of likely N-dealkylation sites (N-methyl/N-ethyl adjacent to an activating group) is 2. The highest BCUT2D eigenvalue weighted by Crippen LogP contribution is 2.10. The van der Waals surface area contributed by atoms with Crippen LogP contribution in [0.15, 0.2) is 48.5 Å². The smallest absolute Gasteiger partial charge is 0.239 e. The third-order valence-electron chi connectivity index (χ3n) is 4.43. The van der Waals surface area contributed by atoms with E-state index in [-0.39, 0.29) is 24.2 Å². The normalized spacial score (nSPS) is 11.9. The molecule has 0 aromatic heterocycles. The Morgan fingerprint density at radius 2 is 1.78 bits per heavy atom. The van der Waals surface area contributed by atoms with Gasteiger partial charge in [-0.2, -0.15) is 0 Å². The fourth-order valence-corrected chi connectivity index (χ4v) is 2.70. The summed E-state index contributed by atoms with van der Waals surface area (Å²) in [6.45, 7) is 4.13. The SMILES string of the molecule is Cc1ccc(NC(=O)CN(C)[C@H](C)C(=O)N(C)Cc2cccc(F)c2)cc1. The van der Waals surface area contributed by atoms with Crippen LogP contribution in [0.25, 0.3) is 0 Å². The van der Waals surface area contributed by atoms with Gasteiger partial charge in [0.25, 0.3) is 0 Å². The molecule has 0 saturated carbocycles. The van der Waals surface area contributed by atoms with Crippen LogP contribution in [0.5, 0.6) is 0 Å². The Kier molecular flexibility index (Phi) is 7.07. The molecule has 2 aromatic rings. The minimum atomic E-state index is -0.479. The van der Waals surface area contributed by atoms with Crippen LogP contribution in [0, 0.1) is 12.7 Å².